The van der Waals surface area contributed by atoms with Gasteiger partial charge in [0.2, 0.25) is 0 Å². The van der Waals surface area contributed by atoms with Crippen molar-refractivity contribution in [3.05, 3.63) is 83.6 Å². The van der Waals surface area contributed by atoms with E-state index in [4.69, 9.17) is 4.42 Å². The van der Waals surface area contributed by atoms with Crippen LogP contribution in [0.5, 0.6) is 0 Å². The molecule has 0 bridgehead atoms. The molecular weight excluding hydrogens is 340 g/mol. The van der Waals surface area contributed by atoms with Gasteiger partial charge in [-0.25, -0.2) is 5.43 Å². The topological polar surface area (TPSA) is 72.4 Å². The van der Waals surface area contributed by atoms with E-state index in [-0.39, 0.29) is 11.7 Å². The Morgan fingerprint density at radius 3 is 2.81 bits per heavy atom. The van der Waals surface area contributed by atoms with Gasteiger partial charge in [0, 0.05) is 28.5 Å². The van der Waals surface area contributed by atoms with Crippen LogP contribution in [-0.4, -0.2) is 21.7 Å². The van der Waals surface area contributed by atoms with Gasteiger partial charge >= 0.3 is 5.91 Å². The maximum atomic E-state index is 12.3. The van der Waals surface area contributed by atoms with Crippen molar-refractivity contribution in [1.82, 2.24) is 15.0 Å². The molecule has 4 aromatic rings. The standard InChI is InChI=1S/C21H18N4O2/c1-14-10-17(15(2)25(14)18-7-5-9-22-13-18)12-23-24-21(26)20-11-16-6-3-4-8-19(16)27-20/h3-13H,1-2H3,(H,24,26). The highest BCUT2D eigenvalue weighted by atomic mass is 16.3. The Kier molecular flexibility index (Phi) is 4.30. The fraction of sp³-hybridized carbons (Fsp3) is 0.0952. The van der Waals surface area contributed by atoms with Gasteiger partial charge in [0.05, 0.1) is 18.1 Å². The van der Waals surface area contributed by atoms with Crippen LogP contribution in [0.25, 0.3) is 16.7 Å². The zero-order chi connectivity index (χ0) is 18.8. The largest absolute Gasteiger partial charge is 0.451 e. The van der Waals surface area contributed by atoms with Crippen LogP contribution in [0.3, 0.4) is 0 Å². The first-order valence-corrected chi connectivity index (χ1v) is 8.55. The summed E-state index contributed by atoms with van der Waals surface area (Å²) in [5.74, 6) is -0.155. The summed E-state index contributed by atoms with van der Waals surface area (Å²) in [4.78, 5) is 16.4. The van der Waals surface area contributed by atoms with Crippen LogP contribution in [0, 0.1) is 13.8 Å². The van der Waals surface area contributed by atoms with Crippen LogP contribution < -0.4 is 5.43 Å². The molecule has 4 rings (SSSR count). The van der Waals surface area contributed by atoms with Gasteiger partial charge in [0.25, 0.3) is 0 Å². The van der Waals surface area contributed by atoms with Gasteiger partial charge in [0.1, 0.15) is 5.58 Å². The minimum Gasteiger partial charge on any atom is -0.451 e. The van der Waals surface area contributed by atoms with E-state index in [1.54, 1.807) is 18.5 Å². The fourth-order valence-electron chi connectivity index (χ4n) is 3.11. The van der Waals surface area contributed by atoms with E-state index in [0.717, 1.165) is 28.0 Å². The number of carbonyl (C=O) groups excluding carboxylic acids is 1. The van der Waals surface area contributed by atoms with Gasteiger partial charge in [-0.2, -0.15) is 5.10 Å². The predicted octanol–water partition coefficient (Wildman–Crippen LogP) is 4.00. The number of benzene rings is 1. The lowest BCUT2D eigenvalue weighted by Gasteiger charge is -2.08. The summed E-state index contributed by atoms with van der Waals surface area (Å²) >= 11 is 0. The number of amides is 1. The molecule has 134 valence electrons. The minimum atomic E-state index is -0.386. The summed E-state index contributed by atoms with van der Waals surface area (Å²) in [6.45, 7) is 4.02. The van der Waals surface area contributed by atoms with Crippen molar-refractivity contribution in [2.24, 2.45) is 5.10 Å². The summed E-state index contributed by atoms with van der Waals surface area (Å²) in [6, 6.07) is 15.1. The number of para-hydroxylation sites is 1. The summed E-state index contributed by atoms with van der Waals surface area (Å²) in [6.07, 6.45) is 5.19. The lowest BCUT2D eigenvalue weighted by molar-refractivity contribution is 0.0929. The number of furan rings is 1. The molecular formula is C21H18N4O2. The number of carbonyl (C=O) groups is 1. The number of hydrogen-bond acceptors (Lipinski definition) is 4. The van der Waals surface area contributed by atoms with E-state index < -0.39 is 0 Å². The molecule has 1 N–H and O–H groups in total. The first kappa shape index (κ1) is 16.8. The lowest BCUT2D eigenvalue weighted by Crippen LogP contribution is -2.16. The molecule has 0 aliphatic heterocycles. The van der Waals surface area contributed by atoms with Crippen LogP contribution in [-0.2, 0) is 0 Å². The van der Waals surface area contributed by atoms with E-state index in [1.165, 1.54) is 0 Å². The number of rotatable bonds is 4. The lowest BCUT2D eigenvalue weighted by atomic mass is 10.2. The Bertz CT molecular complexity index is 1110. The Labute approximate surface area is 156 Å². The molecule has 6 heteroatoms. The Morgan fingerprint density at radius 1 is 1.19 bits per heavy atom. The van der Waals surface area contributed by atoms with Crippen molar-refractivity contribution in [1.29, 1.82) is 0 Å². The van der Waals surface area contributed by atoms with Gasteiger partial charge in [-0.15, -0.1) is 0 Å². The molecule has 0 saturated heterocycles. The molecule has 0 fully saturated rings. The highest BCUT2D eigenvalue weighted by Crippen LogP contribution is 2.20. The van der Waals surface area contributed by atoms with Crippen LogP contribution in [0.15, 0.2) is 70.4 Å². The average molecular weight is 358 g/mol. The molecule has 1 amide bonds. The maximum absolute atomic E-state index is 12.3. The molecule has 27 heavy (non-hydrogen) atoms. The van der Waals surface area contributed by atoms with Gasteiger partial charge in [-0.1, -0.05) is 18.2 Å². The van der Waals surface area contributed by atoms with Crippen molar-refractivity contribution < 1.29 is 9.21 Å². The Morgan fingerprint density at radius 2 is 2.04 bits per heavy atom. The van der Waals surface area contributed by atoms with Crippen molar-refractivity contribution in [2.45, 2.75) is 13.8 Å². The smallest absolute Gasteiger partial charge is 0.307 e. The van der Waals surface area contributed by atoms with E-state index in [9.17, 15) is 4.79 Å². The normalized spacial score (nSPS) is 11.3. The minimum absolute atomic E-state index is 0.231. The SMILES string of the molecule is Cc1cc(C=NNC(=O)c2cc3ccccc3o2)c(C)n1-c1cccnc1. The Balaban J connectivity index is 1.52. The van der Waals surface area contributed by atoms with Crippen LogP contribution in [0.1, 0.15) is 27.5 Å². The summed E-state index contributed by atoms with van der Waals surface area (Å²) in [7, 11) is 0. The highest BCUT2D eigenvalue weighted by Gasteiger charge is 2.12. The summed E-state index contributed by atoms with van der Waals surface area (Å²) < 4.78 is 7.63. The van der Waals surface area contributed by atoms with Gasteiger partial charge in [-0.3, -0.25) is 9.78 Å². The number of pyridine rings is 1. The van der Waals surface area contributed by atoms with Crippen molar-refractivity contribution >= 4 is 23.1 Å². The van der Waals surface area contributed by atoms with E-state index in [0.29, 0.717) is 5.58 Å². The molecule has 0 aliphatic rings. The molecule has 0 saturated carbocycles. The third-order valence-corrected chi connectivity index (χ3v) is 4.39. The summed E-state index contributed by atoms with van der Waals surface area (Å²) in [5, 5.41) is 4.96. The molecule has 0 aliphatic carbocycles. The Hall–Kier alpha value is -3.67. The third-order valence-electron chi connectivity index (χ3n) is 4.39. The average Bonchev–Trinajstić information content (AvgIpc) is 3.23. The van der Waals surface area contributed by atoms with Crippen molar-refractivity contribution in [3.63, 3.8) is 0 Å². The second-order valence-corrected chi connectivity index (χ2v) is 6.22. The predicted molar refractivity (Wildman–Crippen MR) is 104 cm³/mol. The number of fused-ring (bicyclic) bond motifs is 1. The zero-order valence-corrected chi connectivity index (χ0v) is 15.0. The molecule has 6 nitrogen and oxygen atoms in total. The second-order valence-electron chi connectivity index (χ2n) is 6.22. The number of hydrogen-bond donors (Lipinski definition) is 1. The molecule has 0 unspecified atom stereocenters. The quantitative estimate of drug-likeness (QED) is 0.443. The molecule has 0 atom stereocenters. The molecule has 3 aromatic heterocycles. The van der Waals surface area contributed by atoms with E-state index >= 15 is 0 Å². The zero-order valence-electron chi connectivity index (χ0n) is 15.0. The highest BCUT2D eigenvalue weighted by molar-refractivity contribution is 5.96. The number of nitrogens with zero attached hydrogens (tertiary/aromatic N) is 3. The van der Waals surface area contributed by atoms with E-state index in [1.807, 2.05) is 62.5 Å². The first-order chi connectivity index (χ1) is 13.1. The fourth-order valence-corrected chi connectivity index (χ4v) is 3.11. The number of hydrazone groups is 1. The van der Waals surface area contributed by atoms with Gasteiger partial charge in [0.15, 0.2) is 5.76 Å². The van der Waals surface area contributed by atoms with Crippen LogP contribution in [0.2, 0.25) is 0 Å². The maximum Gasteiger partial charge on any atom is 0.307 e. The molecule has 0 radical (unpaired) electrons. The van der Waals surface area contributed by atoms with Gasteiger partial charge in [-0.05, 0) is 44.2 Å². The summed E-state index contributed by atoms with van der Waals surface area (Å²) in [5.41, 5.74) is 7.17. The van der Waals surface area contributed by atoms with E-state index in [2.05, 4.69) is 20.1 Å². The number of aromatic nitrogens is 2. The molecule has 0 spiro atoms. The van der Waals surface area contributed by atoms with Crippen LogP contribution in [0.4, 0.5) is 0 Å². The molecule has 1 aromatic carbocycles. The number of nitrogens with one attached hydrogen (secondary N) is 1. The van der Waals surface area contributed by atoms with Crippen molar-refractivity contribution in [3.8, 4) is 5.69 Å². The third kappa shape index (κ3) is 3.25. The molecule has 3 heterocycles. The van der Waals surface area contributed by atoms with Crippen molar-refractivity contribution in [2.75, 3.05) is 0 Å². The monoisotopic (exact) mass is 358 g/mol. The first-order valence-electron chi connectivity index (χ1n) is 8.55. The second kappa shape index (κ2) is 6.92. The van der Waals surface area contributed by atoms with Crippen LogP contribution >= 0.6 is 0 Å². The van der Waals surface area contributed by atoms with Gasteiger partial charge < -0.3 is 8.98 Å². The number of aryl methyl sites for hydroxylation is 1.